The normalized spacial score (nSPS) is 12.7. The van der Waals surface area contributed by atoms with Crippen molar-refractivity contribution in [3.8, 4) is 5.88 Å². The Kier molecular flexibility index (Phi) is 7.65. The Hall–Kier alpha value is -2.57. The van der Waals surface area contributed by atoms with Gasteiger partial charge in [0.2, 0.25) is 5.88 Å². The first-order chi connectivity index (χ1) is 13.6. The second-order valence-electron chi connectivity index (χ2n) is 5.53. The van der Waals surface area contributed by atoms with E-state index in [9.17, 15) is 26.3 Å². The van der Waals surface area contributed by atoms with Crippen LogP contribution in [0.5, 0.6) is 5.88 Å². The minimum Gasteiger partial charge on any atom is -0.476 e. The summed E-state index contributed by atoms with van der Waals surface area (Å²) in [5.41, 5.74) is -1.77. The van der Waals surface area contributed by atoms with E-state index in [-0.39, 0.29) is 25.5 Å². The predicted molar refractivity (Wildman–Crippen MR) is 94.9 cm³/mol. The molecule has 0 saturated carbocycles. The second kappa shape index (κ2) is 9.76. The van der Waals surface area contributed by atoms with Crippen LogP contribution in [0.3, 0.4) is 0 Å². The summed E-state index contributed by atoms with van der Waals surface area (Å²) in [6.07, 6.45) is -7.95. The van der Waals surface area contributed by atoms with E-state index in [0.717, 1.165) is 28.8 Å². The number of hydrogen-bond donors (Lipinski definition) is 2. The lowest BCUT2D eigenvalue weighted by atomic mass is 10.3. The second-order valence-corrected chi connectivity index (χ2v) is 6.47. The molecule has 0 aliphatic heterocycles. The van der Waals surface area contributed by atoms with E-state index in [2.05, 4.69) is 25.6 Å². The highest BCUT2D eigenvalue weighted by atomic mass is 32.1. The van der Waals surface area contributed by atoms with Crippen molar-refractivity contribution in [1.29, 1.82) is 0 Å². The molecule has 0 aliphatic rings. The fourth-order valence-corrected chi connectivity index (χ4v) is 2.83. The SMILES string of the molecule is CN=C(NCCOc1ccc(C(F)(F)F)cn1)NCCc1nc(C(F)(F)F)cs1. The number of rotatable bonds is 7. The number of nitrogens with one attached hydrogen (secondary N) is 2. The number of guanidine groups is 1. The zero-order valence-electron chi connectivity index (χ0n) is 15.1. The molecule has 0 bridgehead atoms. The number of alkyl halides is 6. The lowest BCUT2D eigenvalue weighted by molar-refractivity contribution is -0.141. The van der Waals surface area contributed by atoms with Gasteiger partial charge in [-0.3, -0.25) is 4.99 Å². The van der Waals surface area contributed by atoms with Crippen LogP contribution in [0, 0.1) is 0 Å². The van der Waals surface area contributed by atoms with Crippen LogP contribution in [0.25, 0.3) is 0 Å². The topological polar surface area (TPSA) is 71.4 Å². The molecule has 0 radical (unpaired) electrons. The Bertz CT molecular complexity index is 803. The van der Waals surface area contributed by atoms with Gasteiger partial charge in [-0.15, -0.1) is 11.3 Å². The molecule has 0 aliphatic carbocycles. The van der Waals surface area contributed by atoms with Gasteiger partial charge in [0.05, 0.1) is 17.1 Å². The summed E-state index contributed by atoms with van der Waals surface area (Å²) in [7, 11) is 1.51. The van der Waals surface area contributed by atoms with Crippen molar-refractivity contribution in [3.63, 3.8) is 0 Å². The van der Waals surface area contributed by atoms with Gasteiger partial charge >= 0.3 is 12.4 Å². The van der Waals surface area contributed by atoms with E-state index in [1.54, 1.807) is 0 Å². The van der Waals surface area contributed by atoms with Gasteiger partial charge in [0, 0.05) is 37.7 Å². The molecule has 0 aromatic carbocycles. The van der Waals surface area contributed by atoms with Crippen LogP contribution in [-0.4, -0.2) is 42.7 Å². The van der Waals surface area contributed by atoms with E-state index in [1.165, 1.54) is 7.05 Å². The summed E-state index contributed by atoms with van der Waals surface area (Å²) in [4.78, 5) is 11.1. The van der Waals surface area contributed by atoms with E-state index in [0.29, 0.717) is 23.7 Å². The number of ether oxygens (including phenoxy) is 1. The lowest BCUT2D eigenvalue weighted by Gasteiger charge is -2.12. The molecule has 0 atom stereocenters. The molecule has 0 fully saturated rings. The van der Waals surface area contributed by atoms with Gasteiger partial charge in [-0.2, -0.15) is 26.3 Å². The van der Waals surface area contributed by atoms with E-state index in [4.69, 9.17) is 4.74 Å². The van der Waals surface area contributed by atoms with Crippen LogP contribution in [-0.2, 0) is 18.8 Å². The van der Waals surface area contributed by atoms with Crippen LogP contribution in [0.2, 0.25) is 0 Å². The smallest absolute Gasteiger partial charge is 0.434 e. The monoisotopic (exact) mass is 441 g/mol. The van der Waals surface area contributed by atoms with Crippen molar-refractivity contribution >= 4 is 17.3 Å². The first kappa shape index (κ1) is 22.7. The Balaban J connectivity index is 1.68. The third-order valence-corrected chi connectivity index (χ3v) is 4.31. The van der Waals surface area contributed by atoms with Gasteiger partial charge in [-0.05, 0) is 6.07 Å². The summed E-state index contributed by atoms with van der Waals surface area (Å²) in [5, 5.41) is 7.13. The third kappa shape index (κ3) is 7.40. The number of aliphatic imine (C=N–C) groups is 1. The molecule has 0 spiro atoms. The summed E-state index contributed by atoms with van der Waals surface area (Å²) >= 11 is 0.928. The van der Waals surface area contributed by atoms with E-state index in [1.807, 2.05) is 0 Å². The maximum atomic E-state index is 12.5. The lowest BCUT2D eigenvalue weighted by Crippen LogP contribution is -2.40. The van der Waals surface area contributed by atoms with Crippen LogP contribution in [0.1, 0.15) is 16.3 Å². The largest absolute Gasteiger partial charge is 0.476 e. The Labute approximate surface area is 166 Å². The fourth-order valence-electron chi connectivity index (χ4n) is 2.02. The number of thiazole rings is 1. The van der Waals surface area contributed by atoms with Gasteiger partial charge in [-0.25, -0.2) is 9.97 Å². The molecule has 6 nitrogen and oxygen atoms in total. The molecule has 0 amide bonds. The zero-order valence-corrected chi connectivity index (χ0v) is 15.9. The average Bonchev–Trinajstić information content (AvgIpc) is 3.12. The van der Waals surface area contributed by atoms with Gasteiger partial charge in [0.15, 0.2) is 11.7 Å². The highest BCUT2D eigenvalue weighted by molar-refractivity contribution is 7.09. The van der Waals surface area contributed by atoms with Crippen molar-refractivity contribution in [2.45, 2.75) is 18.8 Å². The molecular weight excluding hydrogens is 424 g/mol. The number of nitrogens with zero attached hydrogens (tertiary/aromatic N) is 3. The number of aromatic nitrogens is 2. The zero-order chi connectivity index (χ0) is 21.5. The maximum Gasteiger partial charge on any atom is 0.434 e. The minimum atomic E-state index is -4.46. The van der Waals surface area contributed by atoms with Crippen molar-refractivity contribution in [2.24, 2.45) is 4.99 Å². The third-order valence-electron chi connectivity index (χ3n) is 3.41. The molecule has 13 heteroatoms. The standard InChI is InChI=1S/C16H17F6N5OS/c1-23-14(24-5-4-13-27-11(9-29-13)16(20,21)22)25-6-7-28-12-3-2-10(8-26-12)15(17,18)19/h2-3,8-9H,4-7H2,1H3,(H2,23,24,25). The Morgan fingerprint density at radius 3 is 2.38 bits per heavy atom. The van der Waals surface area contributed by atoms with Crippen molar-refractivity contribution in [3.05, 3.63) is 40.0 Å². The first-order valence-corrected chi connectivity index (χ1v) is 9.09. The van der Waals surface area contributed by atoms with Gasteiger partial charge in [-0.1, -0.05) is 0 Å². The van der Waals surface area contributed by atoms with Gasteiger partial charge < -0.3 is 15.4 Å². The highest BCUT2D eigenvalue weighted by Gasteiger charge is 2.33. The molecule has 2 heterocycles. The number of pyridine rings is 1. The Morgan fingerprint density at radius 2 is 1.83 bits per heavy atom. The molecule has 160 valence electrons. The van der Waals surface area contributed by atoms with Crippen LogP contribution in [0.15, 0.2) is 28.7 Å². The number of halogens is 6. The summed E-state index contributed by atoms with van der Waals surface area (Å²) in [6.45, 7) is 0.699. The molecule has 29 heavy (non-hydrogen) atoms. The van der Waals surface area contributed by atoms with Crippen molar-refractivity contribution in [2.75, 3.05) is 26.7 Å². The summed E-state index contributed by atoms with van der Waals surface area (Å²) < 4.78 is 80.1. The molecule has 0 unspecified atom stereocenters. The molecule has 0 saturated heterocycles. The predicted octanol–water partition coefficient (Wildman–Crippen LogP) is 3.36. The average molecular weight is 441 g/mol. The van der Waals surface area contributed by atoms with Crippen LogP contribution >= 0.6 is 11.3 Å². The Morgan fingerprint density at radius 1 is 1.10 bits per heavy atom. The van der Waals surface area contributed by atoms with Gasteiger partial charge in [0.25, 0.3) is 0 Å². The molecule has 2 N–H and O–H groups in total. The maximum absolute atomic E-state index is 12.5. The molecule has 2 aromatic heterocycles. The van der Waals surface area contributed by atoms with Crippen LogP contribution in [0.4, 0.5) is 26.3 Å². The van der Waals surface area contributed by atoms with Crippen LogP contribution < -0.4 is 15.4 Å². The quantitative estimate of drug-likeness (QED) is 0.299. The number of hydrogen-bond acceptors (Lipinski definition) is 5. The van der Waals surface area contributed by atoms with Crippen molar-refractivity contribution < 1.29 is 31.1 Å². The summed E-state index contributed by atoms with van der Waals surface area (Å²) in [6, 6.07) is 2.00. The fraction of sp³-hybridized carbons (Fsp3) is 0.438. The van der Waals surface area contributed by atoms with E-state index < -0.39 is 23.6 Å². The summed E-state index contributed by atoms with van der Waals surface area (Å²) in [5.74, 6) is 0.438. The minimum absolute atomic E-state index is 0.0481. The molecular formula is C16H17F6N5OS. The van der Waals surface area contributed by atoms with E-state index >= 15 is 0 Å². The van der Waals surface area contributed by atoms with Crippen molar-refractivity contribution in [1.82, 2.24) is 20.6 Å². The molecule has 2 rings (SSSR count). The highest BCUT2D eigenvalue weighted by Crippen LogP contribution is 2.30. The van der Waals surface area contributed by atoms with Gasteiger partial charge in [0.1, 0.15) is 6.61 Å². The molecule has 2 aromatic rings. The first-order valence-electron chi connectivity index (χ1n) is 8.22.